The van der Waals surface area contributed by atoms with Gasteiger partial charge in [-0.3, -0.25) is 15.3 Å². The lowest BCUT2D eigenvalue weighted by Gasteiger charge is -2.52. The molecule has 0 aromatic rings. The number of fused-ring (bicyclic) bond motifs is 2. The van der Waals surface area contributed by atoms with E-state index in [1.165, 1.54) is 32.1 Å². The Morgan fingerprint density at radius 3 is 2.31 bits per heavy atom. The van der Waals surface area contributed by atoms with Gasteiger partial charge in [0.2, 0.25) is 0 Å². The summed E-state index contributed by atoms with van der Waals surface area (Å²) in [6, 6.07) is 0. The molecule has 12 nitrogen and oxygen atoms in total. The van der Waals surface area contributed by atoms with Gasteiger partial charge in [0.15, 0.2) is 6.29 Å². The second-order valence-corrected chi connectivity index (χ2v) is 16.3. The Bertz CT molecular complexity index is 1100. The Morgan fingerprint density at radius 2 is 1.60 bits per heavy atom. The average Bonchev–Trinajstić information content (AvgIpc) is 3.09. The maximum atomic E-state index is 14.3. The first-order chi connectivity index (χ1) is 23.0. The van der Waals surface area contributed by atoms with Crippen molar-refractivity contribution >= 4 is 11.6 Å². The van der Waals surface area contributed by atoms with E-state index in [0.29, 0.717) is 31.6 Å². The molecule has 15 atom stereocenters. The van der Waals surface area contributed by atoms with E-state index in [4.69, 9.17) is 19.9 Å². The number of carbonyl (C=O) groups is 2. The van der Waals surface area contributed by atoms with Crippen molar-refractivity contribution in [3.8, 4) is 0 Å². The summed E-state index contributed by atoms with van der Waals surface area (Å²) in [6.07, 6.45) is 4.25. The van der Waals surface area contributed by atoms with E-state index < -0.39 is 72.7 Å². The Hall–Kier alpha value is -1.06. The molecule has 4 aliphatic carbocycles. The molecular formula is C36H61N2O10+. The number of methoxy groups -OCH3 is 1. The minimum Gasteiger partial charge on any atom is -0.394 e. The van der Waals surface area contributed by atoms with Crippen molar-refractivity contribution in [2.75, 3.05) is 20.3 Å². The predicted molar refractivity (Wildman–Crippen MR) is 173 cm³/mol. The van der Waals surface area contributed by atoms with Crippen molar-refractivity contribution in [1.29, 1.82) is 0 Å². The second kappa shape index (κ2) is 15.7. The van der Waals surface area contributed by atoms with Gasteiger partial charge in [-0.1, -0.05) is 44.9 Å². The molecule has 9 N–H and O–H groups in total. The normalized spacial score (nSPS) is 47.4. The third-order valence-electron chi connectivity index (χ3n) is 13.3. The van der Waals surface area contributed by atoms with E-state index in [2.05, 4.69) is 5.32 Å². The van der Waals surface area contributed by atoms with Crippen molar-refractivity contribution in [3.63, 3.8) is 0 Å². The van der Waals surface area contributed by atoms with Gasteiger partial charge in [-0.05, 0) is 56.3 Å². The van der Waals surface area contributed by atoms with Crippen molar-refractivity contribution in [2.24, 2.45) is 47.2 Å². The number of aliphatic hydroxyl groups is 5. The first-order valence-corrected chi connectivity index (χ1v) is 18.9. The lowest BCUT2D eigenvalue weighted by molar-refractivity contribution is -0.699. The second-order valence-electron chi connectivity index (χ2n) is 16.3. The molecule has 0 radical (unpaired) electrons. The largest absolute Gasteiger partial charge is 0.394 e. The number of hydrogen-bond donors (Lipinski definition) is 7. The van der Waals surface area contributed by atoms with Gasteiger partial charge in [0.25, 0.3) is 0 Å². The Labute approximate surface area is 284 Å². The van der Waals surface area contributed by atoms with Crippen LogP contribution in [0.2, 0.25) is 0 Å². The molecule has 2 saturated heterocycles. The SMILES string of the molecule is COC1CC(O[C@H]2O[C@H](CO)[C@](O)(CCC3CC[NH2+]C(N)C3)[C@H](O)[C@H]2O)C2C(=O)C3C(O)CC(CCC4CCCCC4)CC3C(=O)C2C1. The van der Waals surface area contributed by atoms with Gasteiger partial charge >= 0.3 is 0 Å². The lowest BCUT2D eigenvalue weighted by atomic mass is 9.55. The fraction of sp³-hybridized carbons (Fsp3) is 0.944. The average molecular weight is 682 g/mol. The molecule has 0 aromatic carbocycles. The van der Waals surface area contributed by atoms with Crippen molar-refractivity contribution in [2.45, 2.75) is 151 Å². The van der Waals surface area contributed by atoms with Crippen LogP contribution >= 0.6 is 0 Å². The van der Waals surface area contributed by atoms with Crippen LogP contribution in [0.25, 0.3) is 0 Å². The van der Waals surface area contributed by atoms with Crippen LogP contribution in [-0.4, -0.2) is 112 Å². The van der Waals surface area contributed by atoms with Crippen LogP contribution in [0.4, 0.5) is 0 Å². The fourth-order valence-corrected chi connectivity index (χ4v) is 10.6. The summed E-state index contributed by atoms with van der Waals surface area (Å²) >= 11 is 0. The maximum Gasteiger partial charge on any atom is 0.187 e. The van der Waals surface area contributed by atoms with Crippen LogP contribution in [0.1, 0.15) is 96.3 Å². The highest BCUT2D eigenvalue weighted by molar-refractivity contribution is 6.00. The van der Waals surface area contributed by atoms with E-state index in [1.54, 1.807) is 7.11 Å². The standard InChI is InChI=1S/C36H60N2O10/c1-46-22-16-24-30(32(42)29-23(31(24)41)13-21(14-25(29)40)8-7-19-5-3-2-4-6-19)26(17-22)47-35-33(43)34(44)36(45,27(18-39)48-35)11-9-20-10-12-38-28(37)15-20/h19-30,33-35,38-40,43-45H,2-18,37H2,1H3/p+1/t20?,21?,22?,23?,24?,25?,26?,27-,28?,29?,30?,33-,34-,35+,36-/m1/s1. The Morgan fingerprint density at radius 1 is 0.875 bits per heavy atom. The van der Waals surface area contributed by atoms with Crippen LogP contribution in [0.15, 0.2) is 0 Å². The predicted octanol–water partition coefficient (Wildman–Crippen LogP) is 0.137. The number of Topliss-reactive ketones (excluding diaryl/α,β-unsaturated/α-hetero) is 2. The van der Waals surface area contributed by atoms with Gasteiger partial charge in [0.05, 0.1) is 43.3 Å². The highest BCUT2D eigenvalue weighted by Crippen LogP contribution is 2.50. The van der Waals surface area contributed by atoms with Crippen LogP contribution < -0.4 is 11.1 Å². The van der Waals surface area contributed by atoms with Crippen molar-refractivity contribution in [1.82, 2.24) is 0 Å². The number of nitrogens with two attached hydrogens (primary N) is 2. The number of aliphatic hydroxyl groups excluding tert-OH is 4. The van der Waals surface area contributed by atoms with Crippen LogP contribution in [-0.2, 0) is 23.8 Å². The monoisotopic (exact) mass is 681 g/mol. The number of quaternary nitrogens is 1. The number of carbonyl (C=O) groups excluding carboxylic acids is 2. The highest BCUT2D eigenvalue weighted by atomic mass is 16.7. The quantitative estimate of drug-likeness (QED) is 0.165. The van der Waals surface area contributed by atoms with Crippen LogP contribution in [0.5, 0.6) is 0 Å². The fourth-order valence-electron chi connectivity index (χ4n) is 10.6. The molecule has 48 heavy (non-hydrogen) atoms. The molecule has 10 unspecified atom stereocenters. The Kier molecular flexibility index (Phi) is 12.0. The van der Waals surface area contributed by atoms with Crippen molar-refractivity contribution < 1.29 is 54.6 Å². The number of hydrogen-bond acceptors (Lipinski definition) is 11. The summed E-state index contributed by atoms with van der Waals surface area (Å²) in [7, 11) is 1.56. The third-order valence-corrected chi connectivity index (χ3v) is 13.3. The molecule has 6 fully saturated rings. The minimum absolute atomic E-state index is 0.0193. The van der Waals surface area contributed by atoms with E-state index >= 15 is 0 Å². The molecule has 6 rings (SSSR count). The molecule has 0 amide bonds. The molecule has 0 spiro atoms. The van der Waals surface area contributed by atoms with Crippen LogP contribution in [0, 0.1) is 41.4 Å². The highest BCUT2D eigenvalue weighted by Gasteiger charge is 2.60. The summed E-state index contributed by atoms with van der Waals surface area (Å²) < 4.78 is 18.0. The van der Waals surface area contributed by atoms with E-state index in [9.17, 15) is 35.1 Å². The topological polar surface area (TPSA) is 206 Å². The van der Waals surface area contributed by atoms with Gasteiger partial charge in [-0.2, -0.15) is 0 Å². The molecule has 2 heterocycles. The summed E-state index contributed by atoms with van der Waals surface area (Å²) in [5, 5.41) is 57.8. The van der Waals surface area contributed by atoms with Gasteiger partial charge in [0.1, 0.15) is 41.6 Å². The molecule has 12 heteroatoms. The number of ketones is 2. The molecule has 2 aliphatic heterocycles. The zero-order chi connectivity index (χ0) is 34.2. The van der Waals surface area contributed by atoms with E-state index in [0.717, 1.165) is 32.2 Å². The molecule has 4 saturated carbocycles. The summed E-state index contributed by atoms with van der Waals surface area (Å²) in [5.41, 5.74) is 4.17. The van der Waals surface area contributed by atoms with E-state index in [1.807, 2.05) is 0 Å². The van der Waals surface area contributed by atoms with Gasteiger partial charge in [-0.15, -0.1) is 0 Å². The Balaban J connectivity index is 1.14. The zero-order valence-corrected chi connectivity index (χ0v) is 28.6. The van der Waals surface area contributed by atoms with Gasteiger partial charge in [0, 0.05) is 31.8 Å². The maximum absolute atomic E-state index is 14.3. The van der Waals surface area contributed by atoms with Crippen molar-refractivity contribution in [3.05, 3.63) is 0 Å². The summed E-state index contributed by atoms with van der Waals surface area (Å²) in [6.45, 7) is 0.253. The minimum atomic E-state index is -1.92. The third kappa shape index (κ3) is 7.45. The summed E-state index contributed by atoms with van der Waals surface area (Å²) in [5.74, 6) is -1.88. The smallest absolute Gasteiger partial charge is 0.187 e. The van der Waals surface area contributed by atoms with Crippen LogP contribution in [0.3, 0.4) is 0 Å². The summed E-state index contributed by atoms with van der Waals surface area (Å²) in [4.78, 5) is 28.4. The number of rotatable bonds is 10. The van der Waals surface area contributed by atoms with Gasteiger partial charge in [-0.25, -0.2) is 0 Å². The van der Waals surface area contributed by atoms with E-state index in [-0.39, 0.29) is 48.5 Å². The zero-order valence-electron chi connectivity index (χ0n) is 28.6. The van der Waals surface area contributed by atoms with Gasteiger partial charge < -0.3 is 45.1 Å². The first-order valence-electron chi connectivity index (χ1n) is 18.9. The molecule has 0 bridgehead atoms. The molecular weight excluding hydrogens is 620 g/mol. The number of ether oxygens (including phenoxy) is 3. The number of piperidine rings is 1. The molecule has 274 valence electrons. The first kappa shape index (κ1) is 36.7. The lowest BCUT2D eigenvalue weighted by Crippen LogP contribution is -2.94. The molecule has 6 aliphatic rings. The molecule has 0 aromatic heterocycles.